The first kappa shape index (κ1) is 34.8. The number of allylic oxidation sites excluding steroid dienone is 1. The number of amides is 1. The molecule has 0 aromatic rings. The summed E-state index contributed by atoms with van der Waals surface area (Å²) in [5.41, 5.74) is 0. The summed E-state index contributed by atoms with van der Waals surface area (Å²) < 4.78 is 1.02. The van der Waals surface area contributed by atoms with Crippen LogP contribution in [0.15, 0.2) is 12.7 Å². The molecule has 0 saturated carbocycles. The van der Waals surface area contributed by atoms with Crippen molar-refractivity contribution in [2.45, 2.75) is 135 Å². The lowest BCUT2D eigenvalue weighted by Crippen LogP contribution is -2.45. The molecular weight excluding hydrogens is 472 g/mol. The molecule has 0 rings (SSSR count). The minimum absolute atomic E-state index is 0. The number of likely N-dealkylation sites (N-methyl/N-ethyl adjacent to an activating group) is 1. The summed E-state index contributed by atoms with van der Waals surface area (Å²) in [6.45, 7) is 9.12. The number of halogens is 1. The van der Waals surface area contributed by atoms with E-state index in [1.165, 1.54) is 116 Å². The van der Waals surface area contributed by atoms with Crippen LogP contribution >= 0.6 is 17.0 Å². The maximum atomic E-state index is 12.0. The highest BCUT2D eigenvalue weighted by molar-refractivity contribution is 8.93. The molecule has 4 heteroatoms. The molecule has 0 bridgehead atoms. The second-order valence-electron chi connectivity index (χ2n) is 10.6. The molecule has 0 spiro atoms. The molecule has 0 aliphatic heterocycles. The molecule has 0 radical (unpaired) electrons. The van der Waals surface area contributed by atoms with Gasteiger partial charge in [-0.15, -0.1) is 23.6 Å². The van der Waals surface area contributed by atoms with Crippen molar-refractivity contribution in [3.8, 4) is 0 Å². The van der Waals surface area contributed by atoms with E-state index in [2.05, 4.69) is 32.9 Å². The molecule has 0 aromatic carbocycles. The number of carbonyl (C=O) groups excluding carboxylic acids is 1. The number of hydrogen-bond donors (Lipinski definition) is 1. The highest BCUT2D eigenvalue weighted by atomic mass is 79.9. The van der Waals surface area contributed by atoms with Gasteiger partial charge in [0, 0.05) is 6.42 Å². The fraction of sp³-hybridized carbons (Fsp3) is 0.897. The summed E-state index contributed by atoms with van der Waals surface area (Å²) in [5, 5.41) is 3.14. The molecule has 0 unspecified atom stereocenters. The molecule has 0 aromatic heterocycles. The Morgan fingerprint density at radius 2 is 1.15 bits per heavy atom. The molecule has 1 N–H and O–H groups in total. The van der Waals surface area contributed by atoms with Gasteiger partial charge < -0.3 is 9.80 Å². The summed E-state index contributed by atoms with van der Waals surface area (Å²) >= 11 is 0. The number of nitrogens with zero attached hydrogens (tertiary/aromatic N) is 1. The molecule has 0 heterocycles. The van der Waals surface area contributed by atoms with Gasteiger partial charge in [-0.3, -0.25) is 4.79 Å². The van der Waals surface area contributed by atoms with Crippen molar-refractivity contribution in [3.63, 3.8) is 0 Å². The Morgan fingerprint density at radius 1 is 0.697 bits per heavy atom. The molecule has 0 saturated heterocycles. The summed E-state index contributed by atoms with van der Waals surface area (Å²) in [6, 6.07) is 0. The van der Waals surface area contributed by atoms with Crippen molar-refractivity contribution >= 4 is 22.9 Å². The monoisotopic (exact) mass is 531 g/mol. The maximum absolute atomic E-state index is 12.0. The van der Waals surface area contributed by atoms with Crippen LogP contribution in [0.2, 0.25) is 0 Å². The summed E-state index contributed by atoms with van der Waals surface area (Å²) in [5.74, 6) is 0.238. The first-order valence-electron chi connectivity index (χ1n) is 14.2. The summed E-state index contributed by atoms with van der Waals surface area (Å²) in [4.78, 5) is 12.0. The zero-order valence-electron chi connectivity index (χ0n) is 22.8. The van der Waals surface area contributed by atoms with Gasteiger partial charge >= 0.3 is 0 Å². The first-order chi connectivity index (χ1) is 15.5. The molecule has 0 fully saturated rings. The van der Waals surface area contributed by atoms with Crippen LogP contribution in [-0.2, 0) is 4.79 Å². The normalized spacial score (nSPS) is 11.2. The molecular formula is C29H60BrN2O+. The third-order valence-electron chi connectivity index (χ3n) is 6.72. The number of quaternary nitrogens is 1. The minimum Gasteiger partial charge on any atom is -0.350 e. The van der Waals surface area contributed by atoms with Crippen LogP contribution in [0.5, 0.6) is 0 Å². The number of hydrogen-bond acceptors (Lipinski definition) is 1. The quantitative estimate of drug-likeness (QED) is 0.0711. The molecule has 0 aliphatic carbocycles. The van der Waals surface area contributed by atoms with E-state index in [9.17, 15) is 4.79 Å². The van der Waals surface area contributed by atoms with E-state index in [1.54, 1.807) is 0 Å². The average Bonchev–Trinajstić information content (AvgIpc) is 2.76. The van der Waals surface area contributed by atoms with Crippen LogP contribution in [0, 0.1) is 0 Å². The minimum atomic E-state index is 0. The Morgan fingerprint density at radius 3 is 1.67 bits per heavy atom. The van der Waals surface area contributed by atoms with Crippen molar-refractivity contribution in [3.05, 3.63) is 12.7 Å². The molecule has 0 atom stereocenters. The average molecular weight is 533 g/mol. The maximum Gasteiger partial charge on any atom is 0.220 e. The van der Waals surface area contributed by atoms with E-state index in [4.69, 9.17) is 0 Å². The SMILES string of the molecule is Br.C=CCCCCCCCCC(=O)NCC[N+](C)(C)CCCCCCCCCCCCCC. The van der Waals surface area contributed by atoms with E-state index in [1.807, 2.05) is 6.08 Å². The number of unbranched alkanes of at least 4 members (excludes halogenated alkanes) is 17. The van der Waals surface area contributed by atoms with Gasteiger partial charge in [0.25, 0.3) is 0 Å². The fourth-order valence-corrected chi connectivity index (χ4v) is 4.36. The molecule has 0 aliphatic rings. The second kappa shape index (κ2) is 26.3. The largest absolute Gasteiger partial charge is 0.350 e. The van der Waals surface area contributed by atoms with Crippen molar-refractivity contribution in [2.75, 3.05) is 33.7 Å². The number of carbonyl (C=O) groups is 1. The van der Waals surface area contributed by atoms with E-state index in [0.29, 0.717) is 6.42 Å². The van der Waals surface area contributed by atoms with Gasteiger partial charge in [0.2, 0.25) is 5.91 Å². The summed E-state index contributed by atoms with van der Waals surface area (Å²) in [7, 11) is 4.61. The smallest absolute Gasteiger partial charge is 0.220 e. The number of nitrogens with one attached hydrogen (secondary N) is 1. The van der Waals surface area contributed by atoms with Crippen LogP contribution in [0.4, 0.5) is 0 Å². The van der Waals surface area contributed by atoms with E-state index in [0.717, 1.165) is 30.4 Å². The predicted molar refractivity (Wildman–Crippen MR) is 153 cm³/mol. The van der Waals surface area contributed by atoms with Crippen LogP contribution < -0.4 is 5.32 Å². The van der Waals surface area contributed by atoms with Crippen LogP contribution in [0.1, 0.15) is 135 Å². The third-order valence-corrected chi connectivity index (χ3v) is 6.72. The Labute approximate surface area is 218 Å². The lowest BCUT2D eigenvalue weighted by molar-refractivity contribution is -0.889. The molecule has 198 valence electrons. The Hall–Kier alpha value is -0.350. The van der Waals surface area contributed by atoms with Crippen molar-refractivity contribution in [1.29, 1.82) is 0 Å². The van der Waals surface area contributed by atoms with Gasteiger partial charge in [0.15, 0.2) is 0 Å². The topological polar surface area (TPSA) is 29.1 Å². The Bertz CT molecular complexity index is 426. The Kier molecular flexibility index (Phi) is 27.7. The zero-order valence-corrected chi connectivity index (χ0v) is 24.5. The fourth-order valence-electron chi connectivity index (χ4n) is 4.36. The van der Waals surface area contributed by atoms with E-state index >= 15 is 0 Å². The van der Waals surface area contributed by atoms with E-state index < -0.39 is 0 Å². The zero-order chi connectivity index (χ0) is 23.8. The standard InChI is InChI=1S/C29H58N2O.BrH/c1-5-7-9-11-13-15-16-17-18-20-22-24-27-31(3,4)28-26-30-29(32)25-23-21-19-14-12-10-8-6-2;/h6H,2,5,7-28H2,1,3-4H3;1H/p+1. The molecule has 3 nitrogen and oxygen atoms in total. The van der Waals surface area contributed by atoms with Crippen molar-refractivity contribution in [2.24, 2.45) is 0 Å². The van der Waals surface area contributed by atoms with Gasteiger partial charge in [0.05, 0.1) is 33.7 Å². The Balaban J connectivity index is 0. The van der Waals surface area contributed by atoms with Crippen LogP contribution in [-0.4, -0.2) is 44.1 Å². The lowest BCUT2D eigenvalue weighted by atomic mass is 10.1. The number of rotatable bonds is 25. The predicted octanol–water partition coefficient (Wildman–Crippen LogP) is 8.76. The highest BCUT2D eigenvalue weighted by Crippen LogP contribution is 2.13. The van der Waals surface area contributed by atoms with Crippen LogP contribution in [0.25, 0.3) is 0 Å². The van der Waals surface area contributed by atoms with Crippen molar-refractivity contribution in [1.82, 2.24) is 5.32 Å². The lowest BCUT2D eigenvalue weighted by Gasteiger charge is -2.30. The second-order valence-corrected chi connectivity index (χ2v) is 10.6. The van der Waals surface area contributed by atoms with Crippen molar-refractivity contribution < 1.29 is 9.28 Å². The van der Waals surface area contributed by atoms with Gasteiger partial charge in [-0.1, -0.05) is 103 Å². The van der Waals surface area contributed by atoms with Crippen LogP contribution in [0.3, 0.4) is 0 Å². The highest BCUT2D eigenvalue weighted by Gasteiger charge is 2.14. The van der Waals surface area contributed by atoms with E-state index in [-0.39, 0.29) is 22.9 Å². The van der Waals surface area contributed by atoms with Gasteiger partial charge in [-0.2, -0.15) is 0 Å². The van der Waals surface area contributed by atoms with Gasteiger partial charge in [-0.25, -0.2) is 0 Å². The van der Waals surface area contributed by atoms with Gasteiger partial charge in [0.1, 0.15) is 0 Å². The third kappa shape index (κ3) is 27.8. The first-order valence-corrected chi connectivity index (χ1v) is 14.2. The summed E-state index contributed by atoms with van der Waals surface area (Å²) in [6.07, 6.45) is 28.0. The molecule has 1 amide bonds. The molecule has 33 heavy (non-hydrogen) atoms. The van der Waals surface area contributed by atoms with Gasteiger partial charge in [-0.05, 0) is 32.1 Å².